The van der Waals surface area contributed by atoms with Gasteiger partial charge in [-0.05, 0) is 35.4 Å². The molecule has 0 aliphatic heterocycles. The van der Waals surface area contributed by atoms with Crippen molar-refractivity contribution in [2.24, 2.45) is 0 Å². The zero-order valence-electron chi connectivity index (χ0n) is 15.4. The molecule has 0 aliphatic carbocycles. The summed E-state index contributed by atoms with van der Waals surface area (Å²) >= 11 is 1.16. The fourth-order valence-electron chi connectivity index (χ4n) is 2.45. The van der Waals surface area contributed by atoms with Gasteiger partial charge in [0, 0.05) is 31.6 Å². The van der Waals surface area contributed by atoms with Gasteiger partial charge >= 0.3 is 0 Å². The number of hydrogen-bond donors (Lipinski definition) is 1. The molecule has 0 bridgehead atoms. The van der Waals surface area contributed by atoms with Gasteiger partial charge in [-0.15, -0.1) is 0 Å². The molecule has 8 heteroatoms. The first-order chi connectivity index (χ1) is 13.6. The summed E-state index contributed by atoms with van der Waals surface area (Å²) in [5, 5.41) is 3.21. The van der Waals surface area contributed by atoms with Crippen LogP contribution in [0.2, 0.25) is 0 Å². The summed E-state index contributed by atoms with van der Waals surface area (Å²) in [6.45, 7) is 0.983. The van der Waals surface area contributed by atoms with Crippen LogP contribution < -0.4 is 10.1 Å². The molecule has 146 valence electrons. The largest absolute Gasteiger partial charge is 0.430 e. The van der Waals surface area contributed by atoms with E-state index in [0.29, 0.717) is 42.8 Å². The van der Waals surface area contributed by atoms with Crippen molar-refractivity contribution in [3.05, 3.63) is 71.3 Å². The second-order valence-corrected chi connectivity index (χ2v) is 6.76. The predicted octanol–water partition coefficient (Wildman–Crippen LogP) is 3.37. The topological polar surface area (TPSA) is 73.3 Å². The molecule has 2 aromatic carbocycles. The summed E-state index contributed by atoms with van der Waals surface area (Å²) in [5.41, 5.74) is 1.82. The number of nitrogens with zero attached hydrogens (tertiary/aromatic N) is 2. The number of aromatic nitrogens is 2. The fourth-order valence-corrected chi connectivity index (χ4v) is 3.02. The normalized spacial score (nSPS) is 10.6. The van der Waals surface area contributed by atoms with Crippen LogP contribution in [0, 0.1) is 5.82 Å². The van der Waals surface area contributed by atoms with Crippen LogP contribution in [0.15, 0.2) is 48.5 Å². The predicted molar refractivity (Wildman–Crippen MR) is 104 cm³/mol. The van der Waals surface area contributed by atoms with Crippen LogP contribution in [0.5, 0.6) is 10.9 Å². The summed E-state index contributed by atoms with van der Waals surface area (Å²) in [6.07, 6.45) is 0.807. The van der Waals surface area contributed by atoms with Gasteiger partial charge in [-0.2, -0.15) is 9.36 Å². The maximum Gasteiger partial charge on any atom is 0.298 e. The average Bonchev–Trinajstić information content (AvgIpc) is 3.12. The van der Waals surface area contributed by atoms with Crippen molar-refractivity contribution in [3.63, 3.8) is 0 Å². The molecule has 1 N–H and O–H groups in total. The molecular formula is C20H20FN3O3S. The number of benzene rings is 2. The van der Waals surface area contributed by atoms with Crippen molar-refractivity contribution < 1.29 is 18.7 Å². The Labute approximate surface area is 166 Å². The van der Waals surface area contributed by atoms with Gasteiger partial charge in [-0.3, -0.25) is 4.79 Å². The Bertz CT molecular complexity index is 898. The van der Waals surface area contributed by atoms with E-state index in [1.165, 1.54) is 12.1 Å². The maximum atomic E-state index is 13.0. The summed E-state index contributed by atoms with van der Waals surface area (Å²) in [7, 11) is 1.59. The molecule has 1 heterocycles. The number of methoxy groups -OCH3 is 1. The van der Waals surface area contributed by atoms with Gasteiger partial charge in [-0.1, -0.05) is 24.3 Å². The van der Waals surface area contributed by atoms with E-state index in [1.54, 1.807) is 31.4 Å². The van der Waals surface area contributed by atoms with E-state index in [9.17, 15) is 9.18 Å². The number of amides is 1. The van der Waals surface area contributed by atoms with Gasteiger partial charge in [0.25, 0.3) is 5.19 Å². The Morgan fingerprint density at radius 1 is 1.11 bits per heavy atom. The maximum absolute atomic E-state index is 13.0. The molecule has 0 saturated carbocycles. The lowest BCUT2D eigenvalue weighted by Crippen LogP contribution is -2.28. The van der Waals surface area contributed by atoms with Crippen molar-refractivity contribution >= 4 is 17.4 Å². The van der Waals surface area contributed by atoms with Crippen LogP contribution in [0.3, 0.4) is 0 Å². The van der Waals surface area contributed by atoms with E-state index < -0.39 is 0 Å². The van der Waals surface area contributed by atoms with Crippen LogP contribution in [-0.2, 0) is 22.4 Å². The molecule has 3 rings (SSSR count). The zero-order chi connectivity index (χ0) is 19.8. The van der Waals surface area contributed by atoms with E-state index in [4.69, 9.17) is 9.47 Å². The number of nitrogens with one attached hydrogen (secondary N) is 1. The van der Waals surface area contributed by atoms with Gasteiger partial charge in [0.2, 0.25) is 5.91 Å². The second kappa shape index (κ2) is 9.91. The van der Waals surface area contributed by atoms with Crippen LogP contribution in [0.25, 0.3) is 0 Å². The number of ether oxygens (including phenoxy) is 2. The van der Waals surface area contributed by atoms with Crippen LogP contribution in [0.4, 0.5) is 4.39 Å². The highest BCUT2D eigenvalue weighted by Gasteiger charge is 2.08. The Balaban J connectivity index is 1.52. The molecule has 1 amide bonds. The molecule has 0 fully saturated rings. The highest BCUT2D eigenvalue weighted by molar-refractivity contribution is 7.07. The number of hydrogen-bond acceptors (Lipinski definition) is 6. The molecule has 0 saturated heterocycles. The van der Waals surface area contributed by atoms with E-state index in [-0.39, 0.29) is 11.7 Å². The van der Waals surface area contributed by atoms with E-state index in [1.807, 2.05) is 12.1 Å². The lowest BCUT2D eigenvalue weighted by Gasteiger charge is -2.06. The van der Waals surface area contributed by atoms with Crippen LogP contribution in [0.1, 0.15) is 17.0 Å². The minimum atomic E-state index is -0.269. The Morgan fingerprint density at radius 2 is 1.82 bits per heavy atom. The summed E-state index contributed by atoms with van der Waals surface area (Å²) in [5.74, 6) is 0.916. The monoisotopic (exact) mass is 401 g/mol. The summed E-state index contributed by atoms with van der Waals surface area (Å²) < 4.78 is 27.9. The zero-order valence-corrected chi connectivity index (χ0v) is 16.2. The minimum absolute atomic E-state index is 0.0553. The quantitative estimate of drug-likeness (QED) is 0.557. The molecule has 0 atom stereocenters. The number of carbonyl (C=O) groups is 1. The van der Waals surface area contributed by atoms with Crippen molar-refractivity contribution in [2.45, 2.75) is 12.8 Å². The minimum Gasteiger partial charge on any atom is -0.430 e. The summed E-state index contributed by atoms with van der Waals surface area (Å²) in [6, 6.07) is 13.5. The highest BCUT2D eigenvalue weighted by Crippen LogP contribution is 2.24. The standard InChI is InChI=1S/C20H20FN3O3S/c1-26-11-10-22-19(25)13-15-4-8-17(9-5-15)27-20-23-18(24-28-20)12-14-2-6-16(21)7-3-14/h2-9H,10-13H2,1H3,(H,22,25). The second-order valence-electron chi connectivity index (χ2n) is 6.05. The molecule has 1 aromatic heterocycles. The highest BCUT2D eigenvalue weighted by atomic mass is 32.1. The molecule has 0 radical (unpaired) electrons. The average molecular weight is 401 g/mol. The molecule has 3 aromatic rings. The number of carbonyl (C=O) groups excluding carboxylic acids is 1. The molecule has 0 aliphatic rings. The summed E-state index contributed by atoms with van der Waals surface area (Å²) in [4.78, 5) is 16.2. The lowest BCUT2D eigenvalue weighted by molar-refractivity contribution is -0.120. The third-order valence-corrected chi connectivity index (χ3v) is 4.48. The fraction of sp³-hybridized carbons (Fsp3) is 0.250. The molecule has 28 heavy (non-hydrogen) atoms. The number of halogens is 1. The van der Waals surface area contributed by atoms with Crippen molar-refractivity contribution in [1.82, 2.24) is 14.7 Å². The first-order valence-corrected chi connectivity index (χ1v) is 9.49. The van der Waals surface area contributed by atoms with Crippen molar-refractivity contribution in [3.8, 4) is 10.9 Å². The third kappa shape index (κ3) is 6.11. The van der Waals surface area contributed by atoms with E-state index in [0.717, 1.165) is 22.7 Å². The smallest absolute Gasteiger partial charge is 0.298 e. The third-order valence-electron chi connectivity index (χ3n) is 3.85. The first-order valence-electron chi connectivity index (χ1n) is 8.72. The first kappa shape index (κ1) is 19.9. The lowest BCUT2D eigenvalue weighted by atomic mass is 10.1. The number of rotatable bonds is 9. The van der Waals surface area contributed by atoms with E-state index >= 15 is 0 Å². The van der Waals surface area contributed by atoms with Crippen molar-refractivity contribution in [1.29, 1.82) is 0 Å². The van der Waals surface area contributed by atoms with Gasteiger partial charge in [0.15, 0.2) is 5.82 Å². The molecule has 0 unspecified atom stereocenters. The Hall–Kier alpha value is -2.84. The van der Waals surface area contributed by atoms with Crippen molar-refractivity contribution in [2.75, 3.05) is 20.3 Å². The van der Waals surface area contributed by atoms with Gasteiger partial charge in [0.05, 0.1) is 13.0 Å². The molecular weight excluding hydrogens is 381 g/mol. The van der Waals surface area contributed by atoms with E-state index in [2.05, 4.69) is 14.7 Å². The van der Waals surface area contributed by atoms with Gasteiger partial charge in [-0.25, -0.2) is 4.39 Å². The SMILES string of the molecule is COCCNC(=O)Cc1ccc(Oc2nc(Cc3ccc(F)cc3)ns2)cc1. The van der Waals surface area contributed by atoms with Crippen LogP contribution >= 0.6 is 11.5 Å². The van der Waals surface area contributed by atoms with Crippen LogP contribution in [-0.4, -0.2) is 35.5 Å². The Morgan fingerprint density at radius 3 is 2.54 bits per heavy atom. The Kier molecular flexibility index (Phi) is 7.05. The molecule has 6 nitrogen and oxygen atoms in total. The van der Waals surface area contributed by atoms with Gasteiger partial charge < -0.3 is 14.8 Å². The van der Waals surface area contributed by atoms with Gasteiger partial charge in [0.1, 0.15) is 11.6 Å². The molecule has 0 spiro atoms.